The normalized spacial score (nSPS) is 18.1. The van der Waals surface area contributed by atoms with Gasteiger partial charge in [-0.25, -0.2) is 9.97 Å². The van der Waals surface area contributed by atoms with Crippen LogP contribution in [-0.4, -0.2) is 108 Å². The minimum Gasteiger partial charge on any atom is -0.497 e. The minimum atomic E-state index is -1.42. The molecule has 1 fully saturated rings. The van der Waals surface area contributed by atoms with E-state index in [1.807, 2.05) is 78.9 Å². The summed E-state index contributed by atoms with van der Waals surface area (Å²) in [7, 11) is 1.87. The van der Waals surface area contributed by atoms with Crippen LogP contribution in [0, 0.1) is 0 Å². The second kappa shape index (κ2) is 19.8. The third kappa shape index (κ3) is 10.3. The van der Waals surface area contributed by atoms with Gasteiger partial charge in [0.2, 0.25) is 5.91 Å². The van der Waals surface area contributed by atoms with E-state index >= 15 is 0 Å². The van der Waals surface area contributed by atoms with E-state index in [4.69, 9.17) is 28.4 Å². The van der Waals surface area contributed by atoms with E-state index in [1.165, 1.54) is 21.8 Å². The van der Waals surface area contributed by atoms with Crippen LogP contribution >= 0.6 is 0 Å². The van der Waals surface area contributed by atoms with Crippen LogP contribution in [0.15, 0.2) is 96.3 Å². The Hall–Kier alpha value is -5.43. The number of aromatic nitrogens is 4. The summed E-state index contributed by atoms with van der Waals surface area (Å²) in [6.07, 6.45) is -2.33. The number of carbonyl (C=O) groups is 2. The van der Waals surface area contributed by atoms with Gasteiger partial charge in [-0.3, -0.25) is 23.5 Å². The largest absolute Gasteiger partial charge is 0.497 e. The van der Waals surface area contributed by atoms with Crippen molar-refractivity contribution < 1.29 is 48.2 Å². The standard InChI is InChI=1S/C43H53N5O11Si/c1-54-32-15-11-30(12-16-32)43(29-9-7-6-8-10-29,31-13-17-33(55-2)18-14-31)58-25-34-38(51)39(52)42(59-34)48-27-44-37-40(48)45-26-47(41(37)53)21-22-56-28-46-35(49)19-20-36(50)57-23-24-60(3,4)5/h6-18,26-27,34,38-39,42,51-52H,19-25,28H2,1-5H3,(H,46,49)/t34-,38-,39-,42-/m1/s1. The molecular weight excluding hydrogens is 791 g/mol. The number of methoxy groups -OCH3 is 2. The molecule has 1 amide bonds. The maximum Gasteiger partial charge on any atom is 0.306 e. The van der Waals surface area contributed by atoms with Gasteiger partial charge < -0.3 is 44.0 Å². The lowest BCUT2D eigenvalue weighted by atomic mass is 9.80. The second-order valence-corrected chi connectivity index (χ2v) is 21.2. The third-order valence-electron chi connectivity index (χ3n) is 10.3. The summed E-state index contributed by atoms with van der Waals surface area (Å²) < 4.78 is 37.5. The minimum absolute atomic E-state index is 0.0221. The van der Waals surface area contributed by atoms with Gasteiger partial charge in [0.05, 0.1) is 53.3 Å². The van der Waals surface area contributed by atoms with Gasteiger partial charge in [-0.2, -0.15) is 0 Å². The third-order valence-corrected chi connectivity index (χ3v) is 12.0. The monoisotopic (exact) mass is 843 g/mol. The van der Waals surface area contributed by atoms with Crippen molar-refractivity contribution in [2.45, 2.75) is 75.2 Å². The molecule has 60 heavy (non-hydrogen) atoms. The van der Waals surface area contributed by atoms with E-state index in [1.54, 1.807) is 14.2 Å². The second-order valence-electron chi connectivity index (χ2n) is 15.6. The van der Waals surface area contributed by atoms with Crippen LogP contribution in [-0.2, 0) is 40.7 Å². The van der Waals surface area contributed by atoms with E-state index in [9.17, 15) is 24.6 Å². The molecule has 17 heteroatoms. The molecule has 320 valence electrons. The number of carbonyl (C=O) groups excluding carboxylic acids is 2. The van der Waals surface area contributed by atoms with Gasteiger partial charge in [-0.15, -0.1) is 0 Å². The molecule has 0 unspecified atom stereocenters. The highest BCUT2D eigenvalue weighted by atomic mass is 28.3. The van der Waals surface area contributed by atoms with Crippen LogP contribution in [0.1, 0.15) is 35.8 Å². The Morgan fingerprint density at radius 3 is 2.08 bits per heavy atom. The van der Waals surface area contributed by atoms with Gasteiger partial charge in [-0.1, -0.05) is 74.2 Å². The zero-order valence-corrected chi connectivity index (χ0v) is 35.5. The maximum atomic E-state index is 13.4. The molecule has 3 N–H and O–H groups in total. The Morgan fingerprint density at radius 2 is 1.47 bits per heavy atom. The van der Waals surface area contributed by atoms with Crippen molar-refractivity contribution in [3.05, 3.63) is 119 Å². The van der Waals surface area contributed by atoms with Crippen LogP contribution in [0.25, 0.3) is 11.2 Å². The SMILES string of the molecule is COc1ccc(C(OC[C@H]2O[C@@H](n3cnc4c(=O)n(CCOCNC(=O)CCC(=O)OCC[Si](C)(C)C)cnc43)[C@H](O)[C@@H]2O)(c2ccccc2)c2ccc(OC)cc2)cc1. The molecule has 0 bridgehead atoms. The molecular formula is C43H53N5O11Si. The molecule has 0 spiro atoms. The highest BCUT2D eigenvalue weighted by Crippen LogP contribution is 2.43. The van der Waals surface area contributed by atoms with Crippen molar-refractivity contribution in [2.75, 3.05) is 40.8 Å². The Balaban J connectivity index is 1.10. The average molecular weight is 844 g/mol. The molecule has 3 aromatic carbocycles. The highest BCUT2D eigenvalue weighted by molar-refractivity contribution is 6.76. The smallest absolute Gasteiger partial charge is 0.306 e. The lowest BCUT2D eigenvalue weighted by Gasteiger charge is -2.37. The first kappa shape index (κ1) is 44.1. The molecule has 0 radical (unpaired) electrons. The van der Waals surface area contributed by atoms with Crippen LogP contribution < -0.4 is 20.3 Å². The van der Waals surface area contributed by atoms with Crippen molar-refractivity contribution in [1.82, 2.24) is 24.4 Å². The highest BCUT2D eigenvalue weighted by Gasteiger charge is 2.47. The van der Waals surface area contributed by atoms with Crippen LogP contribution in [0.5, 0.6) is 11.5 Å². The molecule has 16 nitrogen and oxygen atoms in total. The number of aliphatic hydroxyl groups is 2. The van der Waals surface area contributed by atoms with Crippen LogP contribution in [0.3, 0.4) is 0 Å². The fourth-order valence-electron chi connectivity index (χ4n) is 6.88. The number of nitrogens with one attached hydrogen (secondary N) is 1. The quantitative estimate of drug-likeness (QED) is 0.0335. The van der Waals surface area contributed by atoms with Crippen molar-refractivity contribution >= 4 is 31.1 Å². The first-order valence-corrected chi connectivity index (χ1v) is 23.5. The lowest BCUT2D eigenvalue weighted by Crippen LogP contribution is -2.39. The van der Waals surface area contributed by atoms with E-state index < -0.39 is 49.7 Å². The predicted octanol–water partition coefficient (Wildman–Crippen LogP) is 3.99. The van der Waals surface area contributed by atoms with Gasteiger partial charge in [0.15, 0.2) is 17.4 Å². The zero-order valence-electron chi connectivity index (χ0n) is 34.5. The van der Waals surface area contributed by atoms with Crippen molar-refractivity contribution in [3.8, 4) is 11.5 Å². The summed E-state index contributed by atoms with van der Waals surface area (Å²) in [6, 6.07) is 25.6. The molecule has 1 saturated heterocycles. The lowest BCUT2D eigenvalue weighted by molar-refractivity contribution is -0.144. The number of esters is 1. The molecule has 0 saturated carbocycles. The number of nitrogens with zero attached hydrogens (tertiary/aromatic N) is 4. The Kier molecular flexibility index (Phi) is 14.5. The number of benzene rings is 3. The molecule has 0 aliphatic carbocycles. The number of rotatable bonds is 20. The van der Waals surface area contributed by atoms with Gasteiger partial charge in [-0.05, 0) is 47.0 Å². The molecule has 4 atom stereocenters. The molecule has 3 heterocycles. The first-order chi connectivity index (χ1) is 28.8. The summed E-state index contributed by atoms with van der Waals surface area (Å²) in [5, 5.41) is 25.3. The van der Waals surface area contributed by atoms with Gasteiger partial charge in [0.1, 0.15) is 48.5 Å². The number of hydrogen-bond acceptors (Lipinski definition) is 13. The Morgan fingerprint density at radius 1 is 0.833 bits per heavy atom. The molecule has 6 rings (SSSR count). The van der Waals surface area contributed by atoms with Crippen molar-refractivity contribution in [2.24, 2.45) is 0 Å². The number of fused-ring (bicyclic) bond motifs is 1. The Bertz CT molecular complexity index is 2200. The summed E-state index contributed by atoms with van der Waals surface area (Å²) >= 11 is 0. The number of hydrogen-bond donors (Lipinski definition) is 3. The summed E-state index contributed by atoms with van der Waals surface area (Å²) in [4.78, 5) is 46.2. The van der Waals surface area contributed by atoms with E-state index in [0.717, 1.165) is 22.7 Å². The summed E-state index contributed by atoms with van der Waals surface area (Å²) in [6.45, 7) is 6.86. The summed E-state index contributed by atoms with van der Waals surface area (Å²) in [5.74, 6) is 0.560. The molecule has 5 aromatic rings. The van der Waals surface area contributed by atoms with E-state index in [2.05, 4.69) is 34.9 Å². The van der Waals surface area contributed by atoms with Crippen molar-refractivity contribution in [3.63, 3.8) is 0 Å². The first-order valence-electron chi connectivity index (χ1n) is 19.8. The van der Waals surface area contributed by atoms with Gasteiger partial charge in [0, 0.05) is 14.5 Å². The fourth-order valence-corrected chi connectivity index (χ4v) is 7.60. The van der Waals surface area contributed by atoms with Gasteiger partial charge in [0.25, 0.3) is 5.56 Å². The number of amides is 1. The molecule has 2 aromatic heterocycles. The van der Waals surface area contributed by atoms with Crippen molar-refractivity contribution in [1.29, 1.82) is 0 Å². The molecule has 1 aliphatic rings. The number of ether oxygens (including phenoxy) is 6. The van der Waals surface area contributed by atoms with Gasteiger partial charge >= 0.3 is 5.97 Å². The topological polar surface area (TPSA) is 195 Å². The van der Waals surface area contributed by atoms with E-state index in [0.29, 0.717) is 18.1 Å². The number of aliphatic hydroxyl groups excluding tert-OH is 2. The molecule has 1 aliphatic heterocycles. The van der Waals surface area contributed by atoms with Crippen LogP contribution in [0.2, 0.25) is 25.7 Å². The van der Waals surface area contributed by atoms with Crippen LogP contribution in [0.4, 0.5) is 0 Å². The summed E-state index contributed by atoms with van der Waals surface area (Å²) in [5.41, 5.74) is 0.885. The number of imidazole rings is 1. The predicted molar refractivity (Wildman–Crippen MR) is 223 cm³/mol. The maximum absolute atomic E-state index is 13.4. The fraction of sp³-hybridized carbons (Fsp3) is 0.419. The Labute approximate surface area is 349 Å². The van der Waals surface area contributed by atoms with E-state index in [-0.39, 0.29) is 56.4 Å². The average Bonchev–Trinajstić information content (AvgIpc) is 3.81. The zero-order chi connectivity index (χ0) is 42.9.